The zero-order valence-electron chi connectivity index (χ0n) is 12.4. The van der Waals surface area contributed by atoms with E-state index >= 15 is 0 Å². The summed E-state index contributed by atoms with van der Waals surface area (Å²) in [6.45, 7) is 0. The summed E-state index contributed by atoms with van der Waals surface area (Å²) in [6, 6.07) is 10.9. The fourth-order valence-corrected chi connectivity index (χ4v) is 2.96. The molecule has 0 bridgehead atoms. The Morgan fingerprint density at radius 1 is 1.38 bits per heavy atom. The lowest BCUT2D eigenvalue weighted by Gasteiger charge is -1.99. The minimum Gasteiger partial charge on any atom is -0.436 e. The van der Waals surface area contributed by atoms with Gasteiger partial charge in [0.05, 0.1) is 16.3 Å². The van der Waals surface area contributed by atoms with E-state index in [9.17, 15) is 0 Å². The Balaban J connectivity index is 2.03. The van der Waals surface area contributed by atoms with Crippen LogP contribution in [-0.4, -0.2) is 16.4 Å². The minimum atomic E-state index is 0.442. The molecule has 0 spiro atoms. The van der Waals surface area contributed by atoms with Crippen LogP contribution >= 0.6 is 39.3 Å². The summed E-state index contributed by atoms with van der Waals surface area (Å²) < 4.78 is 6.68. The number of halogens is 2. The van der Waals surface area contributed by atoms with Crippen LogP contribution in [0.1, 0.15) is 0 Å². The van der Waals surface area contributed by atoms with Gasteiger partial charge >= 0.3 is 0 Å². The third-order valence-electron chi connectivity index (χ3n) is 3.12. The molecule has 0 aliphatic heterocycles. The maximum absolute atomic E-state index is 8.70. The van der Waals surface area contributed by atoms with E-state index in [1.165, 1.54) is 11.8 Å². The number of nitrogens with one attached hydrogen (secondary N) is 1. The van der Waals surface area contributed by atoms with Gasteiger partial charge in [-0.3, -0.25) is 5.32 Å². The Morgan fingerprint density at radius 3 is 2.96 bits per heavy atom. The minimum absolute atomic E-state index is 0.442. The van der Waals surface area contributed by atoms with E-state index in [1.54, 1.807) is 24.3 Å². The number of nitriles is 1. The Bertz CT molecular complexity index is 980. The molecule has 0 amide bonds. The standard InChI is InChI=1S/C16H10BrClN4OS/c1-24-16(20-8-19)21-10-3-5-14-13(7-10)22-15(23-14)11-6-9(17)2-4-12(11)18/h2-7H,1H3,(H,20,21). The predicted molar refractivity (Wildman–Crippen MR) is 102 cm³/mol. The van der Waals surface area contributed by atoms with Gasteiger partial charge in [-0.15, -0.1) is 0 Å². The zero-order valence-corrected chi connectivity index (χ0v) is 15.5. The van der Waals surface area contributed by atoms with E-state index in [-0.39, 0.29) is 0 Å². The van der Waals surface area contributed by atoms with Crippen molar-refractivity contribution in [2.75, 3.05) is 6.26 Å². The summed E-state index contributed by atoms with van der Waals surface area (Å²) in [4.78, 5) is 8.85. The number of hydrogen-bond donors (Lipinski definition) is 1. The van der Waals surface area contributed by atoms with Gasteiger partial charge < -0.3 is 4.42 Å². The predicted octanol–water partition coefficient (Wildman–Crippen LogP) is 5.33. The van der Waals surface area contributed by atoms with Crippen molar-refractivity contribution < 1.29 is 4.42 Å². The largest absolute Gasteiger partial charge is 0.436 e. The Labute approximate surface area is 155 Å². The van der Waals surface area contributed by atoms with E-state index in [4.69, 9.17) is 21.3 Å². The lowest BCUT2D eigenvalue weighted by molar-refractivity contribution is 0.620. The number of rotatable bonds is 2. The Hall–Kier alpha value is -2.01. The SMILES string of the molecule is CSC(=Nc1ccc2oc(-c3cc(Br)ccc3Cl)nc2c1)NC#N. The fraction of sp³-hybridized carbons (Fsp3) is 0.0625. The Kier molecular flexibility index (Phi) is 5.09. The van der Waals surface area contributed by atoms with Crippen LogP contribution in [0.4, 0.5) is 5.69 Å². The number of aromatic nitrogens is 1. The second-order valence-electron chi connectivity index (χ2n) is 4.65. The van der Waals surface area contributed by atoms with E-state index < -0.39 is 0 Å². The number of aliphatic imine (C=N–C) groups is 1. The van der Waals surface area contributed by atoms with Crippen LogP contribution in [0.3, 0.4) is 0 Å². The smallest absolute Gasteiger partial charge is 0.228 e. The van der Waals surface area contributed by atoms with Crippen molar-refractivity contribution in [3.63, 3.8) is 0 Å². The van der Waals surface area contributed by atoms with Crippen molar-refractivity contribution in [1.29, 1.82) is 5.26 Å². The van der Waals surface area contributed by atoms with Crippen molar-refractivity contribution in [2.24, 2.45) is 4.99 Å². The molecule has 1 aromatic heterocycles. The molecule has 0 atom stereocenters. The van der Waals surface area contributed by atoms with Crippen molar-refractivity contribution in [3.05, 3.63) is 45.9 Å². The van der Waals surface area contributed by atoms with Crippen LogP contribution in [0.5, 0.6) is 0 Å². The molecule has 0 saturated carbocycles. The number of thioether (sulfide) groups is 1. The number of oxazole rings is 1. The van der Waals surface area contributed by atoms with Crippen LogP contribution in [0.25, 0.3) is 22.6 Å². The number of fused-ring (bicyclic) bond motifs is 1. The molecule has 0 radical (unpaired) electrons. The highest BCUT2D eigenvalue weighted by Gasteiger charge is 2.12. The van der Waals surface area contributed by atoms with Gasteiger partial charge in [-0.25, -0.2) is 9.98 Å². The highest BCUT2D eigenvalue weighted by molar-refractivity contribution is 9.10. The van der Waals surface area contributed by atoms with Crippen molar-refractivity contribution in [1.82, 2.24) is 10.3 Å². The fourth-order valence-electron chi connectivity index (χ4n) is 2.05. The van der Waals surface area contributed by atoms with Gasteiger partial charge in [-0.2, -0.15) is 5.26 Å². The first-order chi connectivity index (χ1) is 11.6. The van der Waals surface area contributed by atoms with Gasteiger partial charge in [0.2, 0.25) is 5.89 Å². The molecule has 0 saturated heterocycles. The summed E-state index contributed by atoms with van der Waals surface area (Å²) in [5, 5.41) is 12.3. The normalized spacial score (nSPS) is 11.5. The summed E-state index contributed by atoms with van der Waals surface area (Å²) in [6.07, 6.45) is 3.70. The molecule has 2 aromatic carbocycles. The molecule has 120 valence electrons. The number of amidine groups is 1. The molecule has 0 unspecified atom stereocenters. The summed E-state index contributed by atoms with van der Waals surface area (Å²) >= 11 is 11.0. The van der Waals surface area contributed by atoms with E-state index in [1.807, 2.05) is 24.6 Å². The van der Waals surface area contributed by atoms with E-state index in [0.29, 0.717) is 38.4 Å². The maximum atomic E-state index is 8.70. The van der Waals surface area contributed by atoms with Crippen molar-refractivity contribution in [3.8, 4) is 17.6 Å². The summed E-state index contributed by atoms with van der Waals surface area (Å²) in [5.74, 6) is 0.442. The first kappa shape index (κ1) is 16.8. The molecular weight excluding hydrogens is 412 g/mol. The quantitative estimate of drug-likeness (QED) is 0.262. The molecule has 1 heterocycles. The van der Waals surface area contributed by atoms with Gasteiger partial charge in [0.15, 0.2) is 16.9 Å². The molecule has 24 heavy (non-hydrogen) atoms. The lowest BCUT2D eigenvalue weighted by Crippen LogP contribution is -2.12. The topological polar surface area (TPSA) is 74.2 Å². The average Bonchev–Trinajstić information content (AvgIpc) is 2.99. The van der Waals surface area contributed by atoms with E-state index in [0.717, 1.165) is 4.47 Å². The average molecular weight is 422 g/mol. The second kappa shape index (κ2) is 7.26. The summed E-state index contributed by atoms with van der Waals surface area (Å²) in [7, 11) is 0. The molecule has 3 aromatic rings. The molecule has 1 N–H and O–H groups in total. The molecule has 0 aliphatic carbocycles. The maximum Gasteiger partial charge on any atom is 0.228 e. The van der Waals surface area contributed by atoms with Crippen LogP contribution in [-0.2, 0) is 0 Å². The van der Waals surface area contributed by atoms with Gasteiger partial charge in [0.25, 0.3) is 0 Å². The lowest BCUT2D eigenvalue weighted by atomic mass is 10.2. The molecule has 8 heteroatoms. The number of hydrogen-bond acceptors (Lipinski definition) is 5. The number of benzene rings is 2. The molecule has 0 aliphatic rings. The third-order valence-corrected chi connectivity index (χ3v) is 4.52. The molecular formula is C16H10BrClN4OS. The third kappa shape index (κ3) is 3.56. The highest BCUT2D eigenvalue weighted by Crippen LogP contribution is 2.33. The van der Waals surface area contributed by atoms with Crippen LogP contribution in [0.2, 0.25) is 5.02 Å². The van der Waals surface area contributed by atoms with Crippen molar-refractivity contribution >= 4 is 61.2 Å². The zero-order chi connectivity index (χ0) is 17.1. The summed E-state index contributed by atoms with van der Waals surface area (Å²) in [5.41, 5.74) is 2.69. The Morgan fingerprint density at radius 2 is 2.21 bits per heavy atom. The first-order valence-electron chi connectivity index (χ1n) is 6.74. The van der Waals surface area contributed by atoms with Crippen LogP contribution in [0, 0.1) is 11.5 Å². The van der Waals surface area contributed by atoms with E-state index in [2.05, 4.69) is 31.2 Å². The van der Waals surface area contributed by atoms with Crippen molar-refractivity contribution in [2.45, 2.75) is 0 Å². The number of nitrogens with zero attached hydrogens (tertiary/aromatic N) is 3. The molecule has 5 nitrogen and oxygen atoms in total. The highest BCUT2D eigenvalue weighted by atomic mass is 79.9. The monoisotopic (exact) mass is 420 g/mol. The van der Waals surface area contributed by atoms with Gasteiger partial charge in [0, 0.05) is 4.47 Å². The van der Waals surface area contributed by atoms with Gasteiger partial charge in [0.1, 0.15) is 5.52 Å². The first-order valence-corrected chi connectivity index (χ1v) is 9.14. The van der Waals surface area contributed by atoms with Gasteiger partial charge in [-0.05, 0) is 42.7 Å². The molecule has 3 rings (SSSR count). The van der Waals surface area contributed by atoms with Crippen LogP contribution in [0.15, 0.2) is 50.3 Å². The second-order valence-corrected chi connectivity index (χ2v) is 6.77. The van der Waals surface area contributed by atoms with Crippen LogP contribution < -0.4 is 5.32 Å². The van der Waals surface area contributed by atoms with Gasteiger partial charge in [-0.1, -0.05) is 39.3 Å². The molecule has 0 fully saturated rings.